The van der Waals surface area contributed by atoms with E-state index in [0.29, 0.717) is 0 Å². The maximum absolute atomic E-state index is 12.3. The van der Waals surface area contributed by atoms with Gasteiger partial charge in [0.25, 0.3) is 0 Å². The first-order valence-electron chi connectivity index (χ1n) is 7.21. The van der Waals surface area contributed by atoms with Crippen LogP contribution in [0.15, 0.2) is 54.6 Å². The van der Waals surface area contributed by atoms with Crippen LogP contribution in [-0.4, -0.2) is 24.0 Å². The van der Waals surface area contributed by atoms with E-state index in [-0.39, 0.29) is 12.1 Å². The number of carbonyl (C=O) groups excluding carboxylic acids is 1. The van der Waals surface area contributed by atoms with Crippen molar-refractivity contribution >= 4 is 11.7 Å². The van der Waals surface area contributed by atoms with E-state index < -0.39 is 0 Å². The van der Waals surface area contributed by atoms with Crippen molar-refractivity contribution in [2.75, 3.05) is 12.4 Å². The number of likely N-dealkylation sites (N-methyl/N-ethyl adjacent to an activating group) is 1. The number of nitrogens with zero attached hydrogens (tertiary/aromatic N) is 1. The van der Waals surface area contributed by atoms with Crippen molar-refractivity contribution in [1.29, 1.82) is 0 Å². The van der Waals surface area contributed by atoms with E-state index >= 15 is 0 Å². The molecule has 2 amide bonds. The van der Waals surface area contributed by atoms with Crippen LogP contribution in [0, 0.1) is 6.92 Å². The monoisotopic (exact) mass is 282 g/mol. The molecule has 0 saturated carbocycles. The van der Waals surface area contributed by atoms with Crippen molar-refractivity contribution in [2.45, 2.75) is 26.3 Å². The van der Waals surface area contributed by atoms with Crippen molar-refractivity contribution in [3.05, 3.63) is 65.7 Å². The Hall–Kier alpha value is -2.29. The van der Waals surface area contributed by atoms with E-state index in [1.807, 2.05) is 56.4 Å². The highest BCUT2D eigenvalue weighted by Gasteiger charge is 2.16. The summed E-state index contributed by atoms with van der Waals surface area (Å²) in [6, 6.07) is 18.1. The lowest BCUT2D eigenvalue weighted by molar-refractivity contribution is 0.207. The fraction of sp³-hybridized carbons (Fsp3) is 0.278. The van der Waals surface area contributed by atoms with Gasteiger partial charge in [0.1, 0.15) is 0 Å². The molecule has 1 atom stereocenters. The van der Waals surface area contributed by atoms with Gasteiger partial charge in [0.05, 0.1) is 0 Å². The minimum atomic E-state index is -0.0762. The molecular weight excluding hydrogens is 260 g/mol. The highest BCUT2D eigenvalue weighted by Crippen LogP contribution is 2.15. The fourth-order valence-electron chi connectivity index (χ4n) is 2.21. The normalized spacial score (nSPS) is 11.8. The molecule has 110 valence electrons. The average molecular weight is 282 g/mol. The van der Waals surface area contributed by atoms with E-state index in [2.05, 4.69) is 24.4 Å². The molecule has 0 aliphatic rings. The first kappa shape index (κ1) is 15.1. The maximum atomic E-state index is 12.3. The molecule has 0 unspecified atom stereocenters. The van der Waals surface area contributed by atoms with Crippen molar-refractivity contribution in [3.8, 4) is 0 Å². The van der Waals surface area contributed by atoms with Gasteiger partial charge in [-0.2, -0.15) is 0 Å². The molecule has 0 spiro atoms. The van der Waals surface area contributed by atoms with Gasteiger partial charge < -0.3 is 10.2 Å². The lowest BCUT2D eigenvalue weighted by atomic mass is 10.1. The fourth-order valence-corrected chi connectivity index (χ4v) is 2.21. The molecule has 2 aromatic rings. The zero-order valence-electron chi connectivity index (χ0n) is 12.8. The lowest BCUT2D eigenvalue weighted by Crippen LogP contribution is -2.39. The largest absolute Gasteiger partial charge is 0.325 e. The number of hydrogen-bond donors (Lipinski definition) is 1. The summed E-state index contributed by atoms with van der Waals surface area (Å²) in [5, 5.41) is 2.96. The quantitative estimate of drug-likeness (QED) is 0.900. The highest BCUT2D eigenvalue weighted by atomic mass is 16.2. The van der Waals surface area contributed by atoms with Gasteiger partial charge in [-0.15, -0.1) is 0 Å². The Kier molecular flexibility index (Phi) is 4.99. The summed E-state index contributed by atoms with van der Waals surface area (Å²) in [5.41, 5.74) is 3.16. The number of nitrogens with one attached hydrogen (secondary N) is 1. The first-order valence-corrected chi connectivity index (χ1v) is 7.21. The summed E-state index contributed by atoms with van der Waals surface area (Å²) < 4.78 is 0. The van der Waals surface area contributed by atoms with Crippen LogP contribution < -0.4 is 5.32 Å². The number of anilines is 1. The average Bonchev–Trinajstić information content (AvgIpc) is 2.49. The van der Waals surface area contributed by atoms with Gasteiger partial charge in [0.15, 0.2) is 0 Å². The summed E-state index contributed by atoms with van der Waals surface area (Å²) >= 11 is 0. The zero-order valence-corrected chi connectivity index (χ0v) is 12.8. The molecule has 0 fully saturated rings. The molecule has 3 heteroatoms. The molecule has 0 heterocycles. The number of para-hydroxylation sites is 1. The second-order valence-electron chi connectivity index (χ2n) is 5.39. The Morgan fingerprint density at radius 3 is 2.38 bits per heavy atom. The summed E-state index contributed by atoms with van der Waals surface area (Å²) in [5.74, 6) is 0. The van der Waals surface area contributed by atoms with Crippen molar-refractivity contribution in [1.82, 2.24) is 4.90 Å². The van der Waals surface area contributed by atoms with Gasteiger partial charge in [0, 0.05) is 18.8 Å². The summed E-state index contributed by atoms with van der Waals surface area (Å²) in [4.78, 5) is 14.1. The second-order valence-corrected chi connectivity index (χ2v) is 5.39. The number of benzene rings is 2. The van der Waals surface area contributed by atoms with Crippen LogP contribution >= 0.6 is 0 Å². The van der Waals surface area contributed by atoms with Crippen molar-refractivity contribution in [2.24, 2.45) is 0 Å². The standard InChI is InChI=1S/C18H22N2O/c1-14-9-7-8-12-17(14)19-18(21)20(3)15(2)13-16-10-5-4-6-11-16/h4-12,15H,13H2,1-3H3,(H,19,21)/t15-/m1/s1. The van der Waals surface area contributed by atoms with Gasteiger partial charge in [-0.1, -0.05) is 48.5 Å². The molecule has 2 aromatic carbocycles. The van der Waals surface area contributed by atoms with Gasteiger partial charge >= 0.3 is 6.03 Å². The smallest absolute Gasteiger partial charge is 0.321 e. The second kappa shape index (κ2) is 6.93. The molecule has 3 nitrogen and oxygen atoms in total. The van der Waals surface area contributed by atoms with E-state index in [4.69, 9.17) is 0 Å². The number of urea groups is 1. The molecule has 0 radical (unpaired) electrons. The summed E-state index contributed by atoms with van der Waals surface area (Å²) in [6.07, 6.45) is 0.846. The number of carbonyl (C=O) groups is 1. The van der Waals surface area contributed by atoms with Crippen LogP contribution in [0.4, 0.5) is 10.5 Å². The van der Waals surface area contributed by atoms with Crippen LogP contribution in [0.3, 0.4) is 0 Å². The number of hydrogen-bond acceptors (Lipinski definition) is 1. The zero-order chi connectivity index (χ0) is 15.2. The van der Waals surface area contributed by atoms with Crippen LogP contribution in [0.1, 0.15) is 18.1 Å². The third-order valence-corrected chi connectivity index (χ3v) is 3.74. The molecular formula is C18H22N2O. The Bertz CT molecular complexity index is 595. The van der Waals surface area contributed by atoms with E-state index in [0.717, 1.165) is 17.7 Å². The van der Waals surface area contributed by atoms with Gasteiger partial charge in [-0.05, 0) is 37.5 Å². The third kappa shape index (κ3) is 4.09. The SMILES string of the molecule is Cc1ccccc1NC(=O)N(C)[C@H](C)Cc1ccccc1. The van der Waals surface area contributed by atoms with E-state index in [9.17, 15) is 4.79 Å². The molecule has 1 N–H and O–H groups in total. The van der Waals surface area contributed by atoms with E-state index in [1.54, 1.807) is 4.90 Å². The predicted octanol–water partition coefficient (Wildman–Crippen LogP) is 4.09. The summed E-state index contributed by atoms with van der Waals surface area (Å²) in [7, 11) is 1.83. The maximum Gasteiger partial charge on any atom is 0.321 e. The topological polar surface area (TPSA) is 32.3 Å². The Balaban J connectivity index is 1.97. The van der Waals surface area contributed by atoms with E-state index in [1.165, 1.54) is 5.56 Å². The van der Waals surface area contributed by atoms with Gasteiger partial charge in [-0.3, -0.25) is 0 Å². The lowest BCUT2D eigenvalue weighted by Gasteiger charge is -2.25. The third-order valence-electron chi connectivity index (χ3n) is 3.74. The van der Waals surface area contributed by atoms with Crippen LogP contribution in [-0.2, 0) is 6.42 Å². The van der Waals surface area contributed by atoms with Crippen LogP contribution in [0.25, 0.3) is 0 Å². The molecule has 0 aromatic heterocycles. The molecule has 0 saturated heterocycles. The van der Waals surface area contributed by atoms with Crippen molar-refractivity contribution in [3.63, 3.8) is 0 Å². The van der Waals surface area contributed by atoms with Crippen molar-refractivity contribution < 1.29 is 4.79 Å². The van der Waals surface area contributed by atoms with Gasteiger partial charge in [-0.25, -0.2) is 4.79 Å². The highest BCUT2D eigenvalue weighted by molar-refractivity contribution is 5.90. The Morgan fingerprint density at radius 1 is 1.10 bits per heavy atom. The van der Waals surface area contributed by atoms with Gasteiger partial charge in [0.2, 0.25) is 0 Å². The minimum absolute atomic E-state index is 0.0762. The van der Waals surface area contributed by atoms with Crippen LogP contribution in [0.5, 0.6) is 0 Å². The molecule has 0 aliphatic heterocycles. The number of rotatable bonds is 4. The Labute approximate surface area is 126 Å². The number of aryl methyl sites for hydroxylation is 1. The van der Waals surface area contributed by atoms with Crippen LogP contribution in [0.2, 0.25) is 0 Å². The predicted molar refractivity (Wildman–Crippen MR) is 87.6 cm³/mol. The summed E-state index contributed by atoms with van der Waals surface area (Å²) in [6.45, 7) is 4.05. The first-order chi connectivity index (χ1) is 10.1. The Morgan fingerprint density at radius 2 is 1.71 bits per heavy atom. The molecule has 2 rings (SSSR count). The molecule has 0 bridgehead atoms. The molecule has 0 aliphatic carbocycles. The molecule has 21 heavy (non-hydrogen) atoms. The minimum Gasteiger partial charge on any atom is -0.325 e. The number of amides is 2.